The minimum absolute atomic E-state index is 0.797. The summed E-state index contributed by atoms with van der Waals surface area (Å²) in [6.45, 7) is 6.90. The Morgan fingerprint density at radius 2 is 2.24 bits per heavy atom. The van der Waals surface area contributed by atoms with Gasteiger partial charge in [0.05, 0.1) is 6.54 Å². The Morgan fingerprint density at radius 3 is 2.94 bits per heavy atom. The molecular weight excluding hydrogens is 232 g/mol. The predicted molar refractivity (Wildman–Crippen MR) is 69.9 cm³/mol. The molecule has 0 atom stereocenters. The van der Waals surface area contributed by atoms with Gasteiger partial charge in [0.15, 0.2) is 0 Å². The molecule has 0 radical (unpaired) electrons. The van der Waals surface area contributed by atoms with Crippen LogP contribution in [0.3, 0.4) is 0 Å². The Bertz CT molecular complexity index is 461. The van der Waals surface area contributed by atoms with Crippen LogP contribution < -0.4 is 5.32 Å². The molecule has 0 amide bonds. The van der Waals surface area contributed by atoms with Crippen molar-refractivity contribution < 1.29 is 0 Å². The summed E-state index contributed by atoms with van der Waals surface area (Å²) in [4.78, 5) is 9.94. The Kier molecular flexibility index (Phi) is 4.28. The van der Waals surface area contributed by atoms with Crippen molar-refractivity contribution in [2.24, 2.45) is 0 Å². The maximum absolute atomic E-state index is 4.35. The fourth-order valence-corrected chi connectivity index (χ4v) is 2.47. The zero-order valence-corrected chi connectivity index (χ0v) is 11.1. The number of hydrogen-bond donors (Lipinski definition) is 1. The van der Waals surface area contributed by atoms with Crippen LogP contribution in [0.15, 0.2) is 18.6 Å². The van der Waals surface area contributed by atoms with Crippen LogP contribution in [0.4, 0.5) is 0 Å². The summed E-state index contributed by atoms with van der Waals surface area (Å²) in [5.41, 5.74) is 0. The normalized spacial score (nSPS) is 10.9. The average molecular weight is 250 g/mol. The van der Waals surface area contributed by atoms with Gasteiger partial charge in [0.1, 0.15) is 10.8 Å². The third-order valence-electron chi connectivity index (χ3n) is 2.49. The van der Waals surface area contributed by atoms with Crippen molar-refractivity contribution in [3.63, 3.8) is 0 Å². The second kappa shape index (κ2) is 5.93. The third-order valence-corrected chi connectivity index (χ3v) is 3.41. The Morgan fingerprint density at radius 1 is 1.35 bits per heavy atom. The second-order valence-electron chi connectivity index (χ2n) is 4.01. The van der Waals surface area contributed by atoms with Gasteiger partial charge in [-0.25, -0.2) is 9.97 Å². The van der Waals surface area contributed by atoms with Crippen molar-refractivity contribution in [2.45, 2.75) is 39.9 Å². The lowest BCUT2D eigenvalue weighted by atomic mass is 10.4. The van der Waals surface area contributed by atoms with Crippen molar-refractivity contribution in [3.8, 4) is 0 Å². The van der Waals surface area contributed by atoms with E-state index in [1.807, 2.05) is 18.6 Å². The predicted octanol–water partition coefficient (Wildman–Crippen LogP) is 2.35. The number of imidazole rings is 1. The molecule has 0 aliphatic carbocycles. The fourth-order valence-electron chi connectivity index (χ4n) is 1.72. The standard InChI is InChI=1S/C12H18N4S/c1-3-5-16-6-4-14-11(16)8-13-9-12-15-7-10(2)17-12/h4,6-7,13H,3,5,8-9H2,1-2H3. The Hall–Kier alpha value is -1.20. The Balaban J connectivity index is 1.83. The highest BCUT2D eigenvalue weighted by molar-refractivity contribution is 7.11. The molecule has 0 saturated heterocycles. The summed E-state index contributed by atoms with van der Waals surface area (Å²) in [5, 5.41) is 4.52. The summed E-state index contributed by atoms with van der Waals surface area (Å²) < 4.78 is 2.19. The number of rotatable bonds is 6. The zero-order valence-electron chi connectivity index (χ0n) is 10.3. The summed E-state index contributed by atoms with van der Waals surface area (Å²) >= 11 is 1.74. The van der Waals surface area contributed by atoms with Gasteiger partial charge in [-0.1, -0.05) is 6.92 Å². The highest BCUT2D eigenvalue weighted by Gasteiger charge is 2.02. The number of nitrogens with zero attached hydrogens (tertiary/aromatic N) is 3. The van der Waals surface area contributed by atoms with E-state index in [-0.39, 0.29) is 0 Å². The lowest BCUT2D eigenvalue weighted by Gasteiger charge is -2.06. The van der Waals surface area contributed by atoms with E-state index in [0.717, 1.165) is 36.9 Å². The molecule has 0 aliphatic heterocycles. The minimum atomic E-state index is 0.797. The van der Waals surface area contributed by atoms with E-state index in [1.54, 1.807) is 11.3 Å². The highest BCUT2D eigenvalue weighted by atomic mass is 32.1. The third kappa shape index (κ3) is 3.38. The number of hydrogen-bond acceptors (Lipinski definition) is 4. The van der Waals surface area contributed by atoms with E-state index in [2.05, 4.69) is 33.7 Å². The van der Waals surface area contributed by atoms with Crippen molar-refractivity contribution in [1.29, 1.82) is 0 Å². The number of thiazole rings is 1. The number of nitrogens with one attached hydrogen (secondary N) is 1. The molecule has 0 spiro atoms. The molecular formula is C12H18N4S. The molecule has 17 heavy (non-hydrogen) atoms. The first-order valence-corrected chi connectivity index (χ1v) is 6.73. The van der Waals surface area contributed by atoms with Gasteiger partial charge in [-0.3, -0.25) is 0 Å². The van der Waals surface area contributed by atoms with Gasteiger partial charge in [-0.2, -0.15) is 0 Å². The smallest absolute Gasteiger partial charge is 0.122 e. The van der Waals surface area contributed by atoms with Crippen molar-refractivity contribution in [2.75, 3.05) is 0 Å². The Labute approximate surface area is 106 Å². The second-order valence-corrected chi connectivity index (χ2v) is 5.32. The summed E-state index contributed by atoms with van der Waals surface area (Å²) in [7, 11) is 0. The fraction of sp³-hybridized carbons (Fsp3) is 0.500. The lowest BCUT2D eigenvalue weighted by molar-refractivity contribution is 0.587. The first-order chi connectivity index (χ1) is 8.29. The first-order valence-electron chi connectivity index (χ1n) is 5.91. The van der Waals surface area contributed by atoms with E-state index in [9.17, 15) is 0 Å². The van der Waals surface area contributed by atoms with Gasteiger partial charge in [-0.05, 0) is 13.3 Å². The maximum Gasteiger partial charge on any atom is 0.122 e. The molecule has 0 aromatic carbocycles. The molecule has 5 heteroatoms. The van der Waals surface area contributed by atoms with E-state index in [1.165, 1.54) is 4.88 Å². The molecule has 2 rings (SSSR count). The van der Waals surface area contributed by atoms with Crippen LogP contribution in [-0.4, -0.2) is 14.5 Å². The quantitative estimate of drug-likeness (QED) is 0.855. The van der Waals surface area contributed by atoms with Gasteiger partial charge < -0.3 is 9.88 Å². The maximum atomic E-state index is 4.35. The van der Waals surface area contributed by atoms with Crippen LogP contribution in [0, 0.1) is 6.92 Å². The van der Waals surface area contributed by atoms with Crippen LogP contribution >= 0.6 is 11.3 Å². The summed E-state index contributed by atoms with van der Waals surface area (Å²) in [6.07, 6.45) is 6.95. The SMILES string of the molecule is CCCn1ccnc1CNCc1ncc(C)s1. The van der Waals surface area contributed by atoms with E-state index in [4.69, 9.17) is 0 Å². The molecule has 4 nitrogen and oxygen atoms in total. The van der Waals surface area contributed by atoms with Crippen LogP contribution in [0.2, 0.25) is 0 Å². The lowest BCUT2D eigenvalue weighted by Crippen LogP contribution is -2.16. The molecule has 0 aliphatic rings. The van der Waals surface area contributed by atoms with Crippen molar-refractivity contribution in [3.05, 3.63) is 34.3 Å². The number of aromatic nitrogens is 3. The van der Waals surface area contributed by atoms with Crippen LogP contribution in [-0.2, 0) is 19.6 Å². The van der Waals surface area contributed by atoms with E-state index >= 15 is 0 Å². The molecule has 2 aromatic heterocycles. The molecule has 1 N–H and O–H groups in total. The molecule has 0 fully saturated rings. The number of aryl methyl sites for hydroxylation is 2. The van der Waals surface area contributed by atoms with Gasteiger partial charge in [0.2, 0.25) is 0 Å². The topological polar surface area (TPSA) is 42.7 Å². The molecule has 0 saturated carbocycles. The van der Waals surface area contributed by atoms with Crippen molar-refractivity contribution in [1.82, 2.24) is 19.9 Å². The van der Waals surface area contributed by atoms with Gasteiger partial charge >= 0.3 is 0 Å². The average Bonchev–Trinajstić information content (AvgIpc) is 2.90. The zero-order chi connectivity index (χ0) is 12.1. The van der Waals surface area contributed by atoms with Gasteiger partial charge in [0, 0.05) is 36.6 Å². The summed E-state index contributed by atoms with van der Waals surface area (Å²) in [6, 6.07) is 0. The van der Waals surface area contributed by atoms with Crippen LogP contribution in [0.5, 0.6) is 0 Å². The largest absolute Gasteiger partial charge is 0.334 e. The molecule has 2 heterocycles. The molecule has 2 aromatic rings. The van der Waals surface area contributed by atoms with Crippen LogP contribution in [0.1, 0.15) is 29.1 Å². The highest BCUT2D eigenvalue weighted by Crippen LogP contribution is 2.10. The van der Waals surface area contributed by atoms with E-state index in [0.29, 0.717) is 0 Å². The minimum Gasteiger partial charge on any atom is -0.334 e. The monoisotopic (exact) mass is 250 g/mol. The van der Waals surface area contributed by atoms with E-state index < -0.39 is 0 Å². The summed E-state index contributed by atoms with van der Waals surface area (Å²) in [5.74, 6) is 1.10. The van der Waals surface area contributed by atoms with Gasteiger partial charge in [0.25, 0.3) is 0 Å². The van der Waals surface area contributed by atoms with Gasteiger partial charge in [-0.15, -0.1) is 11.3 Å². The van der Waals surface area contributed by atoms with Crippen molar-refractivity contribution >= 4 is 11.3 Å². The van der Waals surface area contributed by atoms with Crippen LogP contribution in [0.25, 0.3) is 0 Å². The molecule has 92 valence electrons. The first kappa shape index (κ1) is 12.3. The molecule has 0 bridgehead atoms. The molecule has 0 unspecified atom stereocenters.